The molecule has 0 aromatic heterocycles. The number of benzene rings is 2. The first kappa shape index (κ1) is 56.4. The van der Waals surface area contributed by atoms with E-state index in [1.165, 1.54) is 19.6 Å². The van der Waals surface area contributed by atoms with E-state index in [9.17, 15) is 38.4 Å². The van der Waals surface area contributed by atoms with Crippen molar-refractivity contribution in [2.45, 2.75) is 142 Å². The van der Waals surface area contributed by atoms with Crippen molar-refractivity contribution in [1.82, 2.24) is 51.5 Å². The zero-order chi connectivity index (χ0) is 53.4. The lowest BCUT2D eigenvalue weighted by Crippen LogP contribution is -2.67. The van der Waals surface area contributed by atoms with E-state index in [4.69, 9.17) is 4.74 Å². The Labute approximate surface area is 431 Å². The van der Waals surface area contributed by atoms with Crippen molar-refractivity contribution in [2.24, 2.45) is 10.8 Å². The number of nitrogens with one attached hydrogen (secondary N) is 6. The number of aryl methyl sites for hydroxylation is 2. The molecule has 2 aromatic carbocycles. The fourth-order valence-electron chi connectivity index (χ4n) is 10.2. The third-order valence-electron chi connectivity index (χ3n) is 14.9. The van der Waals surface area contributed by atoms with Crippen LogP contribution in [0.15, 0.2) is 48.5 Å². The van der Waals surface area contributed by atoms with E-state index in [1.54, 1.807) is 27.9 Å². The maximum atomic E-state index is 14.6. The molecule has 4 aliphatic rings. The van der Waals surface area contributed by atoms with Crippen LogP contribution in [0.4, 0.5) is 0 Å². The molecular weight excluding hydrogens is 933 g/mol. The van der Waals surface area contributed by atoms with Crippen LogP contribution >= 0.6 is 0 Å². The Morgan fingerprint density at radius 2 is 0.945 bits per heavy atom. The summed E-state index contributed by atoms with van der Waals surface area (Å²) in [5.41, 5.74) is 2.83. The fraction of sp³-hybridized carbons (Fsp3) is 0.630. The molecule has 6 N–H and O–H groups in total. The lowest BCUT2D eigenvalue weighted by Gasteiger charge is -2.44. The maximum absolute atomic E-state index is 14.6. The number of carbonyl (C=O) groups is 8. The van der Waals surface area contributed by atoms with Gasteiger partial charge in [0.15, 0.2) is 0 Å². The molecular formula is C54H80N10O9. The van der Waals surface area contributed by atoms with Gasteiger partial charge in [-0.15, -0.1) is 0 Å². The molecule has 19 nitrogen and oxygen atoms in total. The molecule has 2 fully saturated rings. The van der Waals surface area contributed by atoms with Gasteiger partial charge in [-0.25, -0.2) is 0 Å². The average Bonchev–Trinajstić information content (AvgIpc) is 3.37. The first-order valence-corrected chi connectivity index (χ1v) is 26.0. The predicted molar refractivity (Wildman–Crippen MR) is 275 cm³/mol. The third kappa shape index (κ3) is 13.8. The van der Waals surface area contributed by atoms with Gasteiger partial charge < -0.3 is 56.2 Å². The number of fused-ring (bicyclic) bond motifs is 2. The summed E-state index contributed by atoms with van der Waals surface area (Å²) < 4.78 is 5.79. The van der Waals surface area contributed by atoms with Crippen molar-refractivity contribution in [3.05, 3.63) is 70.8 Å². The van der Waals surface area contributed by atoms with E-state index in [2.05, 4.69) is 31.9 Å². The number of hydrogen-bond acceptors (Lipinski definition) is 11. The van der Waals surface area contributed by atoms with E-state index in [1.807, 2.05) is 90.1 Å². The van der Waals surface area contributed by atoms with Crippen molar-refractivity contribution in [2.75, 3.05) is 66.6 Å². The molecule has 6 rings (SSSR count). The molecule has 0 unspecified atom stereocenters. The van der Waals surface area contributed by atoms with Gasteiger partial charge in [-0.3, -0.25) is 38.4 Å². The molecule has 0 spiro atoms. The van der Waals surface area contributed by atoms with E-state index < -0.39 is 95.7 Å². The van der Waals surface area contributed by atoms with Crippen molar-refractivity contribution < 1.29 is 43.1 Å². The minimum Gasteiger partial charge on any atom is -0.362 e. The molecule has 73 heavy (non-hydrogen) atoms. The quantitative estimate of drug-likeness (QED) is 0.142. The number of hydrogen-bond donors (Lipinski definition) is 6. The second kappa shape index (κ2) is 24.4. The van der Waals surface area contributed by atoms with E-state index in [0.29, 0.717) is 12.8 Å². The van der Waals surface area contributed by atoms with Gasteiger partial charge in [0.05, 0.1) is 37.3 Å². The summed E-state index contributed by atoms with van der Waals surface area (Å²) >= 11 is 0. The van der Waals surface area contributed by atoms with Gasteiger partial charge in [0.25, 0.3) is 0 Å². The second-order valence-electron chi connectivity index (χ2n) is 22.2. The van der Waals surface area contributed by atoms with E-state index in [-0.39, 0.29) is 63.2 Å². The monoisotopic (exact) mass is 1010 g/mol. The molecule has 8 atom stereocenters. The Hall–Kier alpha value is -5.92. The van der Waals surface area contributed by atoms with Crippen LogP contribution in [0.25, 0.3) is 0 Å². The lowest BCUT2D eigenvalue weighted by atomic mass is 9.85. The normalized spacial score (nSPS) is 21.8. The maximum Gasteiger partial charge on any atom is 0.248 e. The van der Waals surface area contributed by atoms with Crippen molar-refractivity contribution >= 4 is 47.3 Å². The fourth-order valence-corrected chi connectivity index (χ4v) is 10.2. The summed E-state index contributed by atoms with van der Waals surface area (Å²) in [5, 5.41) is 18.0. The van der Waals surface area contributed by atoms with Crippen LogP contribution in [-0.4, -0.2) is 170 Å². The topological polar surface area (TPSA) is 231 Å². The molecule has 400 valence electrons. The Morgan fingerprint density at radius 1 is 0.575 bits per heavy atom. The second-order valence-corrected chi connectivity index (χ2v) is 22.2. The predicted octanol–water partition coefficient (Wildman–Crippen LogP) is 1.75. The van der Waals surface area contributed by atoms with Gasteiger partial charge >= 0.3 is 0 Å². The highest BCUT2D eigenvalue weighted by Crippen LogP contribution is 2.32. The summed E-state index contributed by atoms with van der Waals surface area (Å²) in [7, 11) is 3.30. The first-order chi connectivity index (χ1) is 34.5. The lowest BCUT2D eigenvalue weighted by molar-refractivity contribution is -0.155. The first-order valence-electron chi connectivity index (χ1n) is 26.0. The molecule has 2 saturated heterocycles. The largest absolute Gasteiger partial charge is 0.362 e. The molecule has 0 radical (unpaired) electrons. The van der Waals surface area contributed by atoms with Crippen LogP contribution in [0, 0.1) is 10.8 Å². The summed E-state index contributed by atoms with van der Waals surface area (Å²) in [6.07, 6.45) is 4.90. The number of nitrogens with zero attached hydrogens (tertiary/aromatic N) is 4. The van der Waals surface area contributed by atoms with Gasteiger partial charge in [0.2, 0.25) is 47.3 Å². The summed E-state index contributed by atoms with van der Waals surface area (Å²) in [4.78, 5) is 118. The number of carbonyl (C=O) groups excluding carboxylic acids is 8. The third-order valence-corrected chi connectivity index (χ3v) is 14.9. The van der Waals surface area contributed by atoms with Gasteiger partial charge in [-0.2, -0.15) is 0 Å². The van der Waals surface area contributed by atoms with E-state index >= 15 is 0 Å². The Balaban J connectivity index is 1.16. The summed E-state index contributed by atoms with van der Waals surface area (Å²) in [5.74, 6) is -3.47. The summed E-state index contributed by atoms with van der Waals surface area (Å²) in [6.45, 7) is 13.2. The highest BCUT2D eigenvalue weighted by molar-refractivity contribution is 5.96. The highest BCUT2D eigenvalue weighted by Gasteiger charge is 2.46. The average molecular weight is 1010 g/mol. The standard InChI is InChI=1S/C54H80N10O9/c1-33(55-9)47(67)59-45(53(3,4)5)51(71)63-27-25-61(29-41(63)49(69)57-39-23-15-19-35-17-11-13-21-37(35)39)43(65)31-73-32-44(66)62-26-28-64(52(72)46(54(6,7)8)60-48(68)34(2)56-10)42(30-62)50(70)58-40-24-16-20-36-18-12-14-22-38(36)40/h11-14,17-18,21-22,33-34,39-42,45-46,55-56H,15-16,19-20,23-32H2,1-10H3,(H,57,69)(H,58,70)(H,59,67)(H,60,68)/t33-,34-,39+,40+,41-,42-,45+,46+/m0/s1. The molecule has 0 saturated carbocycles. The summed E-state index contributed by atoms with van der Waals surface area (Å²) in [6, 6.07) is 9.94. The van der Waals surface area contributed by atoms with Gasteiger partial charge in [-0.1, -0.05) is 90.1 Å². The minimum atomic E-state index is -1.11. The molecule has 19 heteroatoms. The molecule has 2 aromatic rings. The van der Waals surface area contributed by atoms with Gasteiger partial charge in [0, 0.05) is 26.2 Å². The van der Waals surface area contributed by atoms with Crippen LogP contribution < -0.4 is 31.9 Å². The number of rotatable bonds is 16. The Bertz CT molecular complexity index is 2190. The number of piperazine rings is 2. The Morgan fingerprint density at radius 3 is 1.30 bits per heavy atom. The SMILES string of the molecule is CN[C@@H](C)C(=O)N[C@H](C(=O)N1CCN(C(=O)COCC(=O)N2CCN(C(=O)[C@@H](NC(=O)[C@H](C)NC)C(C)(C)C)[C@H](C(=O)N[C@@H]3CCCc4ccccc43)C2)C[C@H]1C(=O)N[C@@H]1CCCc2ccccc21)C(C)(C)C. The van der Waals surface area contributed by atoms with Crippen LogP contribution in [0.1, 0.15) is 115 Å². The smallest absolute Gasteiger partial charge is 0.248 e. The molecule has 2 aliphatic carbocycles. The van der Waals surface area contributed by atoms with Crippen LogP contribution in [-0.2, 0) is 55.9 Å². The van der Waals surface area contributed by atoms with Crippen molar-refractivity contribution in [3.8, 4) is 0 Å². The van der Waals surface area contributed by atoms with Gasteiger partial charge in [0.1, 0.15) is 37.4 Å². The molecule has 2 heterocycles. The van der Waals surface area contributed by atoms with Crippen molar-refractivity contribution in [1.29, 1.82) is 0 Å². The highest BCUT2D eigenvalue weighted by atomic mass is 16.5. The Kier molecular flexibility index (Phi) is 18.9. The minimum absolute atomic E-state index is 0.0000380. The van der Waals surface area contributed by atoms with Crippen LogP contribution in [0.2, 0.25) is 0 Å². The van der Waals surface area contributed by atoms with Crippen molar-refractivity contribution in [3.63, 3.8) is 0 Å². The van der Waals surface area contributed by atoms with E-state index in [0.717, 1.165) is 47.9 Å². The molecule has 2 aliphatic heterocycles. The molecule has 8 amide bonds. The molecule has 0 bridgehead atoms. The number of amides is 8. The number of likely N-dealkylation sites (N-methyl/N-ethyl adjacent to an activating group) is 2. The zero-order valence-electron chi connectivity index (χ0n) is 44.6. The van der Waals surface area contributed by atoms with Crippen LogP contribution in [0.3, 0.4) is 0 Å². The zero-order valence-corrected chi connectivity index (χ0v) is 44.6. The van der Waals surface area contributed by atoms with Gasteiger partial charge in [-0.05, 0) is 99.6 Å². The number of ether oxygens (including phenoxy) is 1. The van der Waals surface area contributed by atoms with Crippen LogP contribution in [0.5, 0.6) is 0 Å².